The number of nitrogens with one attached hydrogen (secondary N) is 1. The maximum atomic E-state index is 13.2. The third-order valence-electron chi connectivity index (χ3n) is 3.96. The molecule has 1 N–H and O–H groups in total. The predicted octanol–water partition coefficient (Wildman–Crippen LogP) is 6.85. The maximum absolute atomic E-state index is 13.2. The van der Waals surface area contributed by atoms with Crippen molar-refractivity contribution in [1.82, 2.24) is 0 Å². The van der Waals surface area contributed by atoms with E-state index in [2.05, 4.69) is 4.99 Å². The predicted molar refractivity (Wildman–Crippen MR) is 107 cm³/mol. The van der Waals surface area contributed by atoms with E-state index in [4.69, 9.17) is 21.7 Å². The number of halogens is 4. The molecule has 0 spiro atoms. The Morgan fingerprint density at radius 1 is 1.14 bits per heavy atom. The van der Waals surface area contributed by atoms with Gasteiger partial charge in [-0.25, -0.2) is 4.99 Å². The molecule has 0 saturated heterocycles. The van der Waals surface area contributed by atoms with Gasteiger partial charge >= 0.3 is 6.18 Å². The van der Waals surface area contributed by atoms with Crippen molar-refractivity contribution < 1.29 is 17.9 Å². The number of aryl methyl sites for hydroxylation is 1. The van der Waals surface area contributed by atoms with Crippen molar-refractivity contribution in [2.24, 2.45) is 4.99 Å². The number of hydrogen-bond donors (Lipinski definition) is 1. The summed E-state index contributed by atoms with van der Waals surface area (Å²) >= 11 is 5.81. The Morgan fingerprint density at radius 2 is 1.79 bits per heavy atom. The molecule has 0 bridgehead atoms. The van der Waals surface area contributed by atoms with Crippen molar-refractivity contribution in [2.45, 2.75) is 33.4 Å². The molecule has 0 unspecified atom stereocenters. The van der Waals surface area contributed by atoms with Crippen LogP contribution in [0.5, 0.6) is 5.75 Å². The van der Waals surface area contributed by atoms with Gasteiger partial charge in [0.2, 0.25) is 0 Å². The normalized spacial score (nSPS) is 13.2. The molecule has 3 nitrogen and oxygen atoms in total. The Balaban J connectivity index is 2.59. The van der Waals surface area contributed by atoms with Crippen LogP contribution in [0.3, 0.4) is 0 Å². The van der Waals surface area contributed by atoms with Crippen LogP contribution in [0.1, 0.15) is 31.4 Å². The molecular formula is C21H20ClF3N2O. The van der Waals surface area contributed by atoms with Gasteiger partial charge in [-0.3, -0.25) is 5.41 Å². The second kappa shape index (κ2) is 9.06. The van der Waals surface area contributed by atoms with Gasteiger partial charge in [-0.2, -0.15) is 13.2 Å². The minimum Gasteiger partial charge on any atom is -0.437 e. The zero-order valence-corrected chi connectivity index (χ0v) is 16.4. The van der Waals surface area contributed by atoms with Crippen LogP contribution in [0.4, 0.5) is 13.2 Å². The second-order valence-electron chi connectivity index (χ2n) is 6.20. The van der Waals surface area contributed by atoms with Crippen molar-refractivity contribution in [3.05, 3.63) is 70.3 Å². The summed E-state index contributed by atoms with van der Waals surface area (Å²) in [5.41, 5.74) is 1.07. The number of ether oxygens (including phenoxy) is 1. The minimum atomic E-state index is -4.90. The summed E-state index contributed by atoms with van der Waals surface area (Å²) in [6.07, 6.45) is -4.32. The van der Waals surface area contributed by atoms with Gasteiger partial charge in [0.1, 0.15) is 5.75 Å². The second-order valence-corrected chi connectivity index (χ2v) is 6.63. The van der Waals surface area contributed by atoms with Crippen molar-refractivity contribution in [3.63, 3.8) is 0 Å². The molecule has 2 aromatic carbocycles. The highest BCUT2D eigenvalue weighted by Gasteiger charge is 2.39. The van der Waals surface area contributed by atoms with Crippen LogP contribution < -0.4 is 4.74 Å². The molecule has 0 aliphatic carbocycles. The van der Waals surface area contributed by atoms with Gasteiger partial charge in [-0.1, -0.05) is 42.3 Å². The first-order chi connectivity index (χ1) is 13.1. The van der Waals surface area contributed by atoms with Gasteiger partial charge in [0.25, 0.3) is 5.90 Å². The number of aliphatic imine (C=N–C) groups is 1. The molecule has 2 aromatic rings. The lowest BCUT2D eigenvalue weighted by Crippen LogP contribution is -2.33. The molecule has 7 heteroatoms. The van der Waals surface area contributed by atoms with Crippen LogP contribution in [0.15, 0.2) is 59.1 Å². The van der Waals surface area contributed by atoms with E-state index in [9.17, 15) is 13.2 Å². The lowest BCUT2D eigenvalue weighted by molar-refractivity contribution is -0.0579. The molecule has 2 rings (SSSR count). The molecule has 0 amide bonds. The van der Waals surface area contributed by atoms with E-state index in [0.29, 0.717) is 22.7 Å². The first-order valence-electron chi connectivity index (χ1n) is 8.56. The molecule has 0 atom stereocenters. The van der Waals surface area contributed by atoms with E-state index < -0.39 is 17.8 Å². The first-order valence-corrected chi connectivity index (χ1v) is 8.94. The lowest BCUT2D eigenvalue weighted by atomic mass is 10.0. The van der Waals surface area contributed by atoms with Gasteiger partial charge in [-0.15, -0.1) is 0 Å². The van der Waals surface area contributed by atoms with Gasteiger partial charge < -0.3 is 4.74 Å². The Kier molecular flexibility index (Phi) is 7.02. The van der Waals surface area contributed by atoms with Crippen molar-refractivity contribution in [1.29, 1.82) is 5.41 Å². The molecule has 148 valence electrons. The molecule has 0 aromatic heterocycles. The van der Waals surface area contributed by atoms with Crippen molar-refractivity contribution >= 4 is 28.9 Å². The fourth-order valence-electron chi connectivity index (χ4n) is 2.33. The van der Waals surface area contributed by atoms with Gasteiger partial charge in [-0.05, 0) is 56.2 Å². The number of benzene rings is 2. The summed E-state index contributed by atoms with van der Waals surface area (Å²) in [7, 11) is 0. The van der Waals surface area contributed by atoms with Gasteiger partial charge in [0, 0.05) is 10.6 Å². The average molecular weight is 409 g/mol. The summed E-state index contributed by atoms with van der Waals surface area (Å²) in [5.74, 6) is -0.714. The molecule has 0 saturated carbocycles. The molecule has 28 heavy (non-hydrogen) atoms. The monoisotopic (exact) mass is 408 g/mol. The first kappa shape index (κ1) is 21.7. The van der Waals surface area contributed by atoms with E-state index in [0.717, 1.165) is 11.1 Å². The summed E-state index contributed by atoms with van der Waals surface area (Å²) < 4.78 is 45.1. The SMILES string of the molecule is CC/C(C)=C(/N=C(Oc1ccc(Cl)cc1)C(=N)C(F)(F)F)c1cccc(C)c1. The van der Waals surface area contributed by atoms with Crippen LogP contribution >= 0.6 is 11.6 Å². The largest absolute Gasteiger partial charge is 0.438 e. The molecule has 0 radical (unpaired) electrons. The van der Waals surface area contributed by atoms with E-state index in [1.807, 2.05) is 26.0 Å². The maximum Gasteiger partial charge on any atom is 0.438 e. The molecule has 0 fully saturated rings. The summed E-state index contributed by atoms with van der Waals surface area (Å²) in [6.45, 7) is 5.56. The van der Waals surface area contributed by atoms with E-state index in [1.54, 1.807) is 19.1 Å². The van der Waals surface area contributed by atoms with Gasteiger partial charge in [0.05, 0.1) is 5.70 Å². The summed E-state index contributed by atoms with van der Waals surface area (Å²) in [6, 6.07) is 13.1. The number of hydrogen-bond acceptors (Lipinski definition) is 3. The fraction of sp³-hybridized carbons (Fsp3) is 0.238. The number of rotatable bonds is 5. The zero-order chi connectivity index (χ0) is 20.9. The Bertz CT molecular complexity index is 916. The van der Waals surface area contributed by atoms with Crippen molar-refractivity contribution in [2.75, 3.05) is 0 Å². The molecule has 0 heterocycles. The van der Waals surface area contributed by atoms with Crippen LogP contribution in [0.25, 0.3) is 5.70 Å². The highest BCUT2D eigenvalue weighted by molar-refractivity contribution is 6.41. The number of allylic oxidation sites excluding steroid dienone is 1. The van der Waals surface area contributed by atoms with Crippen LogP contribution in [-0.4, -0.2) is 17.8 Å². The molecular weight excluding hydrogens is 389 g/mol. The number of nitrogens with zero attached hydrogens (tertiary/aromatic N) is 1. The van der Waals surface area contributed by atoms with Crippen molar-refractivity contribution in [3.8, 4) is 5.75 Å². The van der Waals surface area contributed by atoms with Gasteiger partial charge in [0.15, 0.2) is 5.71 Å². The highest BCUT2D eigenvalue weighted by Crippen LogP contribution is 2.26. The number of alkyl halides is 3. The Morgan fingerprint density at radius 3 is 2.32 bits per heavy atom. The molecule has 0 aliphatic rings. The Hall–Kier alpha value is -2.60. The van der Waals surface area contributed by atoms with E-state index >= 15 is 0 Å². The van der Waals surface area contributed by atoms with E-state index in [1.165, 1.54) is 24.3 Å². The third-order valence-corrected chi connectivity index (χ3v) is 4.22. The highest BCUT2D eigenvalue weighted by atomic mass is 35.5. The minimum absolute atomic E-state index is 0.106. The quantitative estimate of drug-likeness (QED) is 0.426. The average Bonchev–Trinajstić information content (AvgIpc) is 2.64. The fourth-order valence-corrected chi connectivity index (χ4v) is 2.46. The third kappa shape index (κ3) is 5.70. The topological polar surface area (TPSA) is 45.4 Å². The lowest BCUT2D eigenvalue weighted by Gasteiger charge is -2.15. The van der Waals surface area contributed by atoms with Crippen LogP contribution in [0, 0.1) is 12.3 Å². The standard InChI is InChI=1S/C21H20ClF3N2O/c1-4-14(3)18(15-7-5-6-13(2)12-15)27-20(19(26)21(23,24)25)28-17-10-8-16(22)9-11-17/h5-12,26H,4H2,1-3H3/b18-14+,26-19?,27-20?. The van der Waals surface area contributed by atoms with E-state index in [-0.39, 0.29) is 5.75 Å². The smallest absolute Gasteiger partial charge is 0.437 e. The van der Waals surface area contributed by atoms with Crippen LogP contribution in [-0.2, 0) is 0 Å². The Labute approximate surface area is 167 Å². The summed E-state index contributed by atoms with van der Waals surface area (Å²) in [5, 5.41) is 7.97. The van der Waals surface area contributed by atoms with Crippen LogP contribution in [0.2, 0.25) is 5.02 Å². The summed E-state index contributed by atoms with van der Waals surface area (Å²) in [4.78, 5) is 4.14. The molecule has 0 aliphatic heterocycles. The zero-order valence-electron chi connectivity index (χ0n) is 15.7.